The second-order valence-corrected chi connectivity index (χ2v) is 6.42. The van der Waals surface area contributed by atoms with Crippen molar-refractivity contribution >= 4 is 17.7 Å². The molecule has 2 aromatic rings. The monoisotopic (exact) mass is 382 g/mol. The van der Waals surface area contributed by atoms with Gasteiger partial charge in [-0.1, -0.05) is 16.8 Å². The van der Waals surface area contributed by atoms with Crippen molar-refractivity contribution in [1.82, 2.24) is 19.9 Å². The summed E-state index contributed by atoms with van der Waals surface area (Å²) in [4.78, 5) is 19.9. The summed E-state index contributed by atoms with van der Waals surface area (Å²) >= 11 is 5.91. The number of benzene rings is 1. The zero-order chi connectivity index (χ0) is 18.7. The molecule has 1 fully saturated rings. The zero-order valence-electron chi connectivity index (χ0n) is 14.6. The minimum absolute atomic E-state index is 0.0945. The van der Waals surface area contributed by atoms with E-state index in [1.54, 1.807) is 11.8 Å². The van der Waals surface area contributed by atoms with E-state index in [1.165, 1.54) is 18.2 Å². The van der Waals surface area contributed by atoms with Gasteiger partial charge in [-0.15, -0.1) is 0 Å². The SMILES string of the molecule is CCOC(=O)N1CCN(C(C)c2noc(-c3cc(Cl)ccc3F)n2)CC1. The fourth-order valence-electron chi connectivity index (χ4n) is 2.85. The van der Waals surface area contributed by atoms with Gasteiger partial charge in [0.05, 0.1) is 18.2 Å². The number of hydrogen-bond donors (Lipinski definition) is 0. The highest BCUT2D eigenvalue weighted by Crippen LogP contribution is 2.27. The first kappa shape index (κ1) is 18.6. The van der Waals surface area contributed by atoms with Crippen LogP contribution in [0.25, 0.3) is 11.5 Å². The molecule has 0 saturated carbocycles. The fraction of sp³-hybridized carbons (Fsp3) is 0.471. The molecule has 0 aliphatic carbocycles. The lowest BCUT2D eigenvalue weighted by Gasteiger charge is -2.36. The Kier molecular flexibility index (Phi) is 5.73. The van der Waals surface area contributed by atoms with Gasteiger partial charge in [-0.3, -0.25) is 4.90 Å². The average Bonchev–Trinajstić information content (AvgIpc) is 3.13. The van der Waals surface area contributed by atoms with Crippen molar-refractivity contribution in [2.75, 3.05) is 32.8 Å². The van der Waals surface area contributed by atoms with Gasteiger partial charge in [-0.25, -0.2) is 9.18 Å². The molecule has 9 heteroatoms. The van der Waals surface area contributed by atoms with Gasteiger partial charge in [0.2, 0.25) is 0 Å². The van der Waals surface area contributed by atoms with Crippen LogP contribution in [0.5, 0.6) is 0 Å². The Morgan fingerprint density at radius 3 is 2.81 bits per heavy atom. The average molecular weight is 383 g/mol. The molecule has 1 aliphatic heterocycles. The molecule has 0 bridgehead atoms. The maximum absolute atomic E-state index is 14.0. The van der Waals surface area contributed by atoms with Crippen LogP contribution in [0.1, 0.15) is 25.7 Å². The number of nitrogens with zero attached hydrogens (tertiary/aromatic N) is 4. The van der Waals surface area contributed by atoms with Gasteiger partial charge in [-0.2, -0.15) is 4.98 Å². The summed E-state index contributed by atoms with van der Waals surface area (Å²) in [6, 6.07) is 4.05. The summed E-state index contributed by atoms with van der Waals surface area (Å²) in [5.74, 6) is 0.0845. The van der Waals surface area contributed by atoms with Crippen molar-refractivity contribution in [3.63, 3.8) is 0 Å². The summed E-state index contributed by atoms with van der Waals surface area (Å²) in [5, 5.41) is 4.37. The Labute approximate surface area is 155 Å². The lowest BCUT2D eigenvalue weighted by atomic mass is 10.2. The van der Waals surface area contributed by atoms with Gasteiger partial charge >= 0.3 is 6.09 Å². The molecule has 1 aliphatic rings. The van der Waals surface area contributed by atoms with Crippen LogP contribution >= 0.6 is 11.6 Å². The second-order valence-electron chi connectivity index (χ2n) is 5.98. The Morgan fingerprint density at radius 2 is 2.12 bits per heavy atom. The molecule has 1 unspecified atom stereocenters. The van der Waals surface area contributed by atoms with Crippen molar-refractivity contribution in [1.29, 1.82) is 0 Å². The topological polar surface area (TPSA) is 71.7 Å². The van der Waals surface area contributed by atoms with Gasteiger partial charge in [0.25, 0.3) is 5.89 Å². The fourth-order valence-corrected chi connectivity index (χ4v) is 3.02. The van der Waals surface area contributed by atoms with Crippen LogP contribution in [0.3, 0.4) is 0 Å². The van der Waals surface area contributed by atoms with E-state index >= 15 is 0 Å². The molecule has 26 heavy (non-hydrogen) atoms. The van der Waals surface area contributed by atoms with Crippen molar-refractivity contribution in [2.45, 2.75) is 19.9 Å². The first-order chi connectivity index (χ1) is 12.5. The highest BCUT2D eigenvalue weighted by molar-refractivity contribution is 6.30. The molecule has 0 spiro atoms. The van der Waals surface area contributed by atoms with Gasteiger partial charge in [0.15, 0.2) is 5.82 Å². The molecule has 2 heterocycles. The third kappa shape index (κ3) is 3.96. The van der Waals surface area contributed by atoms with Crippen molar-refractivity contribution in [2.24, 2.45) is 0 Å². The van der Waals surface area contributed by atoms with E-state index in [4.69, 9.17) is 20.9 Å². The number of amides is 1. The molecule has 0 N–H and O–H groups in total. The Balaban J connectivity index is 1.66. The first-order valence-corrected chi connectivity index (χ1v) is 8.82. The molecule has 0 radical (unpaired) electrons. The lowest BCUT2D eigenvalue weighted by molar-refractivity contribution is 0.0669. The Morgan fingerprint density at radius 1 is 1.38 bits per heavy atom. The number of piperazine rings is 1. The maximum Gasteiger partial charge on any atom is 0.409 e. The van der Waals surface area contributed by atoms with Crippen LogP contribution < -0.4 is 0 Å². The molecule has 140 valence electrons. The predicted octanol–water partition coefficient (Wildman–Crippen LogP) is 3.36. The second kappa shape index (κ2) is 8.01. The molecule has 1 aromatic carbocycles. The molecular formula is C17H20ClFN4O3. The summed E-state index contributed by atoms with van der Waals surface area (Å²) in [6.07, 6.45) is -0.293. The zero-order valence-corrected chi connectivity index (χ0v) is 15.4. The third-order valence-corrected chi connectivity index (χ3v) is 4.60. The number of carbonyl (C=O) groups excluding carboxylic acids is 1. The van der Waals surface area contributed by atoms with Gasteiger partial charge in [-0.05, 0) is 32.0 Å². The van der Waals surface area contributed by atoms with Crippen LogP contribution in [-0.4, -0.2) is 58.8 Å². The van der Waals surface area contributed by atoms with Crippen LogP contribution in [0, 0.1) is 5.82 Å². The van der Waals surface area contributed by atoms with E-state index in [9.17, 15) is 9.18 Å². The third-order valence-electron chi connectivity index (χ3n) is 4.36. The van der Waals surface area contributed by atoms with Crippen molar-refractivity contribution < 1.29 is 18.4 Å². The normalized spacial score (nSPS) is 16.5. The standard InChI is InChI=1S/C17H20ClFN4O3/c1-3-25-17(24)23-8-6-22(7-9-23)11(2)15-20-16(26-21-15)13-10-12(18)4-5-14(13)19/h4-5,10-11H,3,6-9H2,1-2H3. The minimum Gasteiger partial charge on any atom is -0.450 e. The van der Waals surface area contributed by atoms with Gasteiger partial charge in [0, 0.05) is 31.2 Å². The van der Waals surface area contributed by atoms with E-state index in [-0.39, 0.29) is 23.6 Å². The molecule has 7 nitrogen and oxygen atoms in total. The van der Waals surface area contributed by atoms with E-state index in [0.717, 1.165) is 0 Å². The summed E-state index contributed by atoms with van der Waals surface area (Å²) in [6.45, 7) is 6.55. The molecule has 1 amide bonds. The number of rotatable bonds is 4. The van der Waals surface area contributed by atoms with E-state index in [2.05, 4.69) is 15.0 Å². The number of carbonyl (C=O) groups is 1. The highest BCUT2D eigenvalue weighted by atomic mass is 35.5. The smallest absolute Gasteiger partial charge is 0.409 e. The van der Waals surface area contributed by atoms with Crippen LogP contribution in [-0.2, 0) is 4.74 Å². The van der Waals surface area contributed by atoms with E-state index in [1.807, 2.05) is 6.92 Å². The molecule has 1 saturated heterocycles. The van der Waals surface area contributed by atoms with Crippen LogP contribution in [0.4, 0.5) is 9.18 Å². The molecule has 1 atom stereocenters. The highest BCUT2D eigenvalue weighted by Gasteiger charge is 2.28. The number of halogens is 2. The first-order valence-electron chi connectivity index (χ1n) is 8.44. The van der Waals surface area contributed by atoms with Crippen molar-refractivity contribution in [3.05, 3.63) is 34.9 Å². The summed E-state index contributed by atoms with van der Waals surface area (Å²) in [5.41, 5.74) is 0.176. The molecule has 3 rings (SSSR count). The summed E-state index contributed by atoms with van der Waals surface area (Å²) < 4.78 is 24.2. The Hall–Kier alpha value is -2.19. The van der Waals surface area contributed by atoms with Crippen LogP contribution in [0.15, 0.2) is 22.7 Å². The molecular weight excluding hydrogens is 363 g/mol. The quantitative estimate of drug-likeness (QED) is 0.807. The number of aromatic nitrogens is 2. The van der Waals surface area contributed by atoms with Crippen LogP contribution in [0.2, 0.25) is 5.02 Å². The maximum atomic E-state index is 14.0. The van der Waals surface area contributed by atoms with Gasteiger partial charge < -0.3 is 14.2 Å². The molecule has 1 aromatic heterocycles. The van der Waals surface area contributed by atoms with E-state index < -0.39 is 5.82 Å². The Bertz CT molecular complexity index is 777. The largest absolute Gasteiger partial charge is 0.450 e. The number of hydrogen-bond acceptors (Lipinski definition) is 6. The van der Waals surface area contributed by atoms with E-state index in [0.29, 0.717) is 43.6 Å². The van der Waals surface area contributed by atoms with Crippen molar-refractivity contribution in [3.8, 4) is 11.5 Å². The lowest BCUT2D eigenvalue weighted by Crippen LogP contribution is -2.49. The predicted molar refractivity (Wildman–Crippen MR) is 93.3 cm³/mol. The summed E-state index contributed by atoms with van der Waals surface area (Å²) in [7, 11) is 0. The van der Waals surface area contributed by atoms with Gasteiger partial charge in [0.1, 0.15) is 5.82 Å². The number of ether oxygens (including phenoxy) is 1. The minimum atomic E-state index is -0.472.